The first-order chi connectivity index (χ1) is 5.52. The van der Waals surface area contributed by atoms with E-state index in [0.29, 0.717) is 5.56 Å². The van der Waals surface area contributed by atoms with Gasteiger partial charge in [0.25, 0.3) is 5.56 Å². The van der Waals surface area contributed by atoms with Gasteiger partial charge in [-0.25, -0.2) is 4.79 Å². The normalized spacial score (nSPS) is 9.85. The largest absolute Gasteiger partial charge is 0.328 e. The molecule has 1 aromatic rings. The molecule has 0 amide bonds. The highest BCUT2D eigenvalue weighted by atomic mass is 16.2. The number of nitrogens with one attached hydrogen (secondary N) is 1. The van der Waals surface area contributed by atoms with Gasteiger partial charge in [0.15, 0.2) is 0 Å². The molecule has 74 valence electrons. The maximum atomic E-state index is 11.1. The summed E-state index contributed by atoms with van der Waals surface area (Å²) in [7, 11) is 0. The van der Waals surface area contributed by atoms with Crippen LogP contribution in [0.15, 0.2) is 15.8 Å². The molecule has 4 nitrogen and oxygen atoms in total. The van der Waals surface area contributed by atoms with Gasteiger partial charge < -0.3 is 0 Å². The number of aryl methyl sites for hydroxylation is 1. The lowest BCUT2D eigenvalue weighted by Crippen LogP contribution is -2.31. The molecule has 0 radical (unpaired) electrons. The van der Waals surface area contributed by atoms with Crippen molar-refractivity contribution in [1.29, 1.82) is 0 Å². The standard InChI is InChI=1S/C8H12N2O2.CH4/c1-5(2)10-4-6(3)7(11)9-8(10)12;/h4-5H,1-3H3,(H,9,11,12);1H4. The highest BCUT2D eigenvalue weighted by molar-refractivity contribution is 5.01. The van der Waals surface area contributed by atoms with E-state index in [0.717, 1.165) is 0 Å². The molecule has 1 aromatic heterocycles. The third kappa shape index (κ3) is 2.31. The predicted octanol–water partition coefficient (Wildman–Crippen LogP) is 1.06. The van der Waals surface area contributed by atoms with E-state index in [-0.39, 0.29) is 24.7 Å². The lowest BCUT2D eigenvalue weighted by atomic mass is 10.3. The van der Waals surface area contributed by atoms with Crippen LogP contribution in [0, 0.1) is 6.92 Å². The summed E-state index contributed by atoms with van der Waals surface area (Å²) in [6.45, 7) is 5.45. The summed E-state index contributed by atoms with van der Waals surface area (Å²) in [5.74, 6) is 0. The Hall–Kier alpha value is -1.32. The predicted molar refractivity (Wildman–Crippen MR) is 53.2 cm³/mol. The molecule has 1 N–H and O–H groups in total. The lowest BCUT2D eigenvalue weighted by Gasteiger charge is -2.08. The maximum absolute atomic E-state index is 11.1. The van der Waals surface area contributed by atoms with Gasteiger partial charge in [-0.3, -0.25) is 14.3 Å². The fourth-order valence-corrected chi connectivity index (χ4v) is 0.970. The van der Waals surface area contributed by atoms with Crippen molar-refractivity contribution >= 4 is 0 Å². The highest BCUT2D eigenvalue weighted by Gasteiger charge is 2.02. The summed E-state index contributed by atoms with van der Waals surface area (Å²) in [4.78, 5) is 24.3. The molecule has 0 bridgehead atoms. The average Bonchev–Trinajstić information content (AvgIpc) is 1.96. The van der Waals surface area contributed by atoms with E-state index in [1.165, 1.54) is 4.57 Å². The van der Waals surface area contributed by atoms with E-state index in [2.05, 4.69) is 4.98 Å². The molecule has 0 fully saturated rings. The van der Waals surface area contributed by atoms with Crippen LogP contribution in [0.3, 0.4) is 0 Å². The van der Waals surface area contributed by atoms with Crippen LogP contribution < -0.4 is 11.2 Å². The minimum atomic E-state index is -0.347. The molecule has 0 saturated heterocycles. The zero-order valence-electron chi connectivity index (χ0n) is 7.42. The average molecular weight is 184 g/mol. The third-order valence-corrected chi connectivity index (χ3v) is 1.70. The summed E-state index contributed by atoms with van der Waals surface area (Å²) in [5.41, 5.74) is -0.0965. The van der Waals surface area contributed by atoms with E-state index in [1.54, 1.807) is 13.1 Å². The van der Waals surface area contributed by atoms with Crippen molar-refractivity contribution in [1.82, 2.24) is 9.55 Å². The second kappa shape index (κ2) is 4.07. The van der Waals surface area contributed by atoms with Crippen LogP contribution in [-0.2, 0) is 0 Å². The first-order valence-electron chi connectivity index (χ1n) is 3.84. The Kier molecular flexibility index (Phi) is 3.66. The second-order valence-electron chi connectivity index (χ2n) is 3.07. The van der Waals surface area contributed by atoms with Crippen molar-refractivity contribution in [3.63, 3.8) is 0 Å². The maximum Gasteiger partial charge on any atom is 0.328 e. The number of hydrogen-bond acceptors (Lipinski definition) is 2. The van der Waals surface area contributed by atoms with Crippen molar-refractivity contribution in [2.45, 2.75) is 34.2 Å². The van der Waals surface area contributed by atoms with E-state index >= 15 is 0 Å². The number of H-pyrrole nitrogens is 1. The third-order valence-electron chi connectivity index (χ3n) is 1.70. The second-order valence-corrected chi connectivity index (χ2v) is 3.07. The van der Waals surface area contributed by atoms with Crippen molar-refractivity contribution in [2.75, 3.05) is 0 Å². The summed E-state index contributed by atoms with van der Waals surface area (Å²) in [6.07, 6.45) is 1.58. The molecule has 1 rings (SSSR count). The molecule has 4 heteroatoms. The van der Waals surface area contributed by atoms with Gasteiger partial charge in [-0.05, 0) is 20.8 Å². The van der Waals surface area contributed by atoms with Gasteiger partial charge in [0.05, 0.1) is 0 Å². The molecule has 0 aromatic carbocycles. The fourth-order valence-electron chi connectivity index (χ4n) is 0.970. The van der Waals surface area contributed by atoms with Gasteiger partial charge >= 0.3 is 5.69 Å². The number of rotatable bonds is 1. The van der Waals surface area contributed by atoms with Gasteiger partial charge in [0, 0.05) is 17.8 Å². The molecular weight excluding hydrogens is 168 g/mol. The zero-order valence-corrected chi connectivity index (χ0v) is 7.42. The molecule has 0 aliphatic carbocycles. The minimum absolute atomic E-state index is 0. The molecule has 13 heavy (non-hydrogen) atoms. The van der Waals surface area contributed by atoms with Crippen LogP contribution in [0.2, 0.25) is 0 Å². The summed E-state index contributed by atoms with van der Waals surface area (Å²) in [5, 5.41) is 0. The number of aromatic amines is 1. The molecule has 1 heterocycles. The molecule has 0 aliphatic rings. The van der Waals surface area contributed by atoms with Gasteiger partial charge in [-0.2, -0.15) is 0 Å². The van der Waals surface area contributed by atoms with Crippen LogP contribution in [0.25, 0.3) is 0 Å². The first kappa shape index (κ1) is 11.7. The number of nitrogens with zero attached hydrogens (tertiary/aromatic N) is 1. The lowest BCUT2D eigenvalue weighted by molar-refractivity contribution is 0.558. The quantitative estimate of drug-likeness (QED) is 0.709. The highest BCUT2D eigenvalue weighted by Crippen LogP contribution is 1.97. The van der Waals surface area contributed by atoms with E-state index in [4.69, 9.17) is 0 Å². The molecule has 0 spiro atoms. The Bertz CT molecular complexity index is 387. The first-order valence-corrected chi connectivity index (χ1v) is 3.84. The van der Waals surface area contributed by atoms with Crippen LogP contribution >= 0.6 is 0 Å². The Labute approximate surface area is 77.2 Å². The topological polar surface area (TPSA) is 54.9 Å². The summed E-state index contributed by atoms with van der Waals surface area (Å²) >= 11 is 0. The number of hydrogen-bond donors (Lipinski definition) is 1. The Balaban J connectivity index is 0.00000144. The van der Waals surface area contributed by atoms with Crippen LogP contribution in [-0.4, -0.2) is 9.55 Å². The SMILES string of the molecule is C.Cc1cn(C(C)C)c(=O)[nH]c1=O. The Morgan fingerprint density at radius 2 is 1.92 bits per heavy atom. The van der Waals surface area contributed by atoms with Crippen molar-refractivity contribution < 1.29 is 0 Å². The Morgan fingerprint density at radius 3 is 2.38 bits per heavy atom. The van der Waals surface area contributed by atoms with Crippen molar-refractivity contribution in [3.8, 4) is 0 Å². The van der Waals surface area contributed by atoms with Crippen LogP contribution in [0.5, 0.6) is 0 Å². The molecule has 0 aliphatic heterocycles. The monoisotopic (exact) mass is 184 g/mol. The van der Waals surface area contributed by atoms with E-state index in [9.17, 15) is 9.59 Å². The molecule has 0 unspecified atom stereocenters. The Morgan fingerprint density at radius 1 is 1.38 bits per heavy atom. The summed E-state index contributed by atoms with van der Waals surface area (Å²) in [6, 6.07) is 0.0769. The number of aromatic nitrogens is 2. The van der Waals surface area contributed by atoms with Gasteiger partial charge in [0.1, 0.15) is 0 Å². The zero-order chi connectivity index (χ0) is 9.30. The minimum Gasteiger partial charge on any atom is -0.298 e. The summed E-state index contributed by atoms with van der Waals surface area (Å²) < 4.78 is 1.50. The fraction of sp³-hybridized carbons (Fsp3) is 0.556. The van der Waals surface area contributed by atoms with E-state index in [1.807, 2.05) is 13.8 Å². The van der Waals surface area contributed by atoms with Crippen molar-refractivity contribution in [3.05, 3.63) is 32.6 Å². The molecular formula is C9H16N2O2. The van der Waals surface area contributed by atoms with Crippen LogP contribution in [0.1, 0.15) is 32.9 Å². The van der Waals surface area contributed by atoms with Gasteiger partial charge in [0.2, 0.25) is 0 Å². The molecule has 0 saturated carbocycles. The van der Waals surface area contributed by atoms with Gasteiger partial charge in [-0.1, -0.05) is 7.43 Å². The van der Waals surface area contributed by atoms with E-state index < -0.39 is 0 Å². The van der Waals surface area contributed by atoms with Crippen molar-refractivity contribution in [2.24, 2.45) is 0 Å². The van der Waals surface area contributed by atoms with Crippen LogP contribution in [0.4, 0.5) is 0 Å². The van der Waals surface area contributed by atoms with Gasteiger partial charge in [-0.15, -0.1) is 0 Å². The smallest absolute Gasteiger partial charge is 0.298 e. The molecule has 0 atom stereocenters.